The minimum atomic E-state index is -0.117. The van der Waals surface area contributed by atoms with Crippen molar-refractivity contribution in [1.29, 1.82) is 0 Å². The van der Waals surface area contributed by atoms with Gasteiger partial charge in [-0.25, -0.2) is 0 Å². The van der Waals surface area contributed by atoms with Gasteiger partial charge >= 0.3 is 0 Å². The van der Waals surface area contributed by atoms with Gasteiger partial charge in [-0.3, -0.25) is 4.79 Å². The Morgan fingerprint density at radius 1 is 1.05 bits per heavy atom. The standard InChI is InChI=1S/C18H19NO/c1-3-15-6-8-16(9-7-15)10-13-18(20)19-17-11-4-14(2)5-12-17/h4-13H,3H2,1-2H3,(H,19,20)/b13-10+. The molecule has 0 aliphatic heterocycles. The van der Waals surface area contributed by atoms with Crippen LogP contribution in [-0.4, -0.2) is 5.91 Å². The molecule has 2 aromatic carbocycles. The Morgan fingerprint density at radius 3 is 2.30 bits per heavy atom. The highest BCUT2D eigenvalue weighted by atomic mass is 16.1. The van der Waals surface area contributed by atoms with Crippen LogP contribution in [0.1, 0.15) is 23.6 Å². The van der Waals surface area contributed by atoms with E-state index in [1.54, 1.807) is 6.08 Å². The molecule has 2 aromatic rings. The summed E-state index contributed by atoms with van der Waals surface area (Å²) in [5.41, 5.74) is 4.31. The highest BCUT2D eigenvalue weighted by Gasteiger charge is 1.97. The van der Waals surface area contributed by atoms with Gasteiger partial charge in [0, 0.05) is 11.8 Å². The normalized spacial score (nSPS) is 10.7. The first-order valence-corrected chi connectivity index (χ1v) is 6.82. The maximum atomic E-state index is 11.8. The maximum Gasteiger partial charge on any atom is 0.248 e. The van der Waals surface area contributed by atoms with Crippen LogP contribution < -0.4 is 5.32 Å². The first-order chi connectivity index (χ1) is 9.67. The van der Waals surface area contributed by atoms with E-state index in [9.17, 15) is 4.79 Å². The Bertz CT molecular complexity index is 594. The molecule has 2 nitrogen and oxygen atoms in total. The number of nitrogens with one attached hydrogen (secondary N) is 1. The van der Waals surface area contributed by atoms with Gasteiger partial charge in [0.05, 0.1) is 0 Å². The molecule has 0 bridgehead atoms. The molecule has 2 heteroatoms. The monoisotopic (exact) mass is 265 g/mol. The second kappa shape index (κ2) is 6.71. The first kappa shape index (κ1) is 14.1. The Hall–Kier alpha value is -2.35. The molecule has 1 N–H and O–H groups in total. The van der Waals surface area contributed by atoms with Gasteiger partial charge in [-0.05, 0) is 42.7 Å². The Kier molecular flexibility index (Phi) is 4.72. The molecule has 0 unspecified atom stereocenters. The minimum Gasteiger partial charge on any atom is -0.323 e. The van der Waals surface area contributed by atoms with Crippen LogP contribution >= 0.6 is 0 Å². The predicted molar refractivity (Wildman–Crippen MR) is 84.7 cm³/mol. The molecule has 0 aliphatic rings. The molecule has 2 rings (SSSR count). The number of amides is 1. The van der Waals surface area contributed by atoms with Crippen molar-refractivity contribution in [2.24, 2.45) is 0 Å². The third-order valence-corrected chi connectivity index (χ3v) is 3.13. The van der Waals surface area contributed by atoms with E-state index in [2.05, 4.69) is 24.4 Å². The van der Waals surface area contributed by atoms with Gasteiger partial charge in [-0.2, -0.15) is 0 Å². The van der Waals surface area contributed by atoms with E-state index in [0.717, 1.165) is 17.7 Å². The van der Waals surface area contributed by atoms with Crippen molar-refractivity contribution < 1.29 is 4.79 Å². The number of carbonyl (C=O) groups is 1. The summed E-state index contributed by atoms with van der Waals surface area (Å²) in [5.74, 6) is -0.117. The molecule has 102 valence electrons. The zero-order valence-electron chi connectivity index (χ0n) is 11.9. The van der Waals surface area contributed by atoms with Crippen molar-refractivity contribution in [3.05, 3.63) is 71.3 Å². The Morgan fingerprint density at radius 2 is 1.70 bits per heavy atom. The molecular weight excluding hydrogens is 246 g/mol. The van der Waals surface area contributed by atoms with Crippen molar-refractivity contribution in [3.63, 3.8) is 0 Å². The minimum absolute atomic E-state index is 0.117. The molecule has 20 heavy (non-hydrogen) atoms. The third-order valence-electron chi connectivity index (χ3n) is 3.13. The fourth-order valence-electron chi connectivity index (χ4n) is 1.86. The number of anilines is 1. The molecule has 1 amide bonds. The lowest BCUT2D eigenvalue weighted by Gasteiger charge is -2.02. The fraction of sp³-hybridized carbons (Fsp3) is 0.167. The smallest absolute Gasteiger partial charge is 0.248 e. The molecule has 0 heterocycles. The summed E-state index contributed by atoms with van der Waals surface area (Å²) in [6.45, 7) is 4.14. The SMILES string of the molecule is CCc1ccc(/C=C/C(=O)Nc2ccc(C)cc2)cc1. The average Bonchev–Trinajstić information content (AvgIpc) is 2.48. The zero-order chi connectivity index (χ0) is 14.4. The van der Waals surface area contributed by atoms with E-state index in [0.29, 0.717) is 0 Å². The number of hydrogen-bond donors (Lipinski definition) is 1. The average molecular weight is 265 g/mol. The quantitative estimate of drug-likeness (QED) is 0.824. The molecule has 0 aliphatic carbocycles. The molecule has 0 aromatic heterocycles. The summed E-state index contributed by atoms with van der Waals surface area (Å²) >= 11 is 0. The van der Waals surface area contributed by atoms with Crippen molar-refractivity contribution >= 4 is 17.7 Å². The van der Waals surface area contributed by atoms with Gasteiger partial charge in [-0.15, -0.1) is 0 Å². The molecule has 0 saturated heterocycles. The molecular formula is C18H19NO. The lowest BCUT2D eigenvalue weighted by molar-refractivity contribution is -0.111. The number of carbonyl (C=O) groups excluding carboxylic acids is 1. The van der Waals surface area contributed by atoms with E-state index in [1.165, 1.54) is 11.1 Å². The zero-order valence-corrected chi connectivity index (χ0v) is 11.9. The van der Waals surface area contributed by atoms with Crippen LogP contribution in [0.2, 0.25) is 0 Å². The second-order valence-electron chi connectivity index (χ2n) is 4.78. The summed E-state index contributed by atoms with van der Waals surface area (Å²) in [5, 5.41) is 2.84. The second-order valence-corrected chi connectivity index (χ2v) is 4.78. The number of aryl methyl sites for hydroxylation is 2. The molecule has 0 saturated carbocycles. The van der Waals surface area contributed by atoms with Crippen LogP contribution in [0, 0.1) is 6.92 Å². The van der Waals surface area contributed by atoms with Crippen molar-refractivity contribution in [2.75, 3.05) is 5.32 Å². The lowest BCUT2D eigenvalue weighted by atomic mass is 10.1. The fourth-order valence-corrected chi connectivity index (χ4v) is 1.86. The van der Waals surface area contributed by atoms with Crippen LogP contribution in [0.5, 0.6) is 0 Å². The van der Waals surface area contributed by atoms with E-state index < -0.39 is 0 Å². The van der Waals surface area contributed by atoms with Crippen molar-refractivity contribution in [3.8, 4) is 0 Å². The van der Waals surface area contributed by atoms with E-state index in [-0.39, 0.29) is 5.91 Å². The Balaban J connectivity index is 1.96. The number of hydrogen-bond acceptors (Lipinski definition) is 1. The summed E-state index contributed by atoms with van der Waals surface area (Å²) in [6, 6.07) is 16.0. The highest BCUT2D eigenvalue weighted by molar-refractivity contribution is 6.01. The maximum absolute atomic E-state index is 11.8. The first-order valence-electron chi connectivity index (χ1n) is 6.82. The summed E-state index contributed by atoms with van der Waals surface area (Å²) in [6.07, 6.45) is 4.40. The summed E-state index contributed by atoms with van der Waals surface area (Å²) in [4.78, 5) is 11.8. The van der Waals surface area contributed by atoms with Crippen molar-refractivity contribution in [1.82, 2.24) is 0 Å². The van der Waals surface area contributed by atoms with E-state index in [4.69, 9.17) is 0 Å². The van der Waals surface area contributed by atoms with E-state index in [1.807, 2.05) is 49.4 Å². The van der Waals surface area contributed by atoms with Gasteiger partial charge in [0.25, 0.3) is 0 Å². The van der Waals surface area contributed by atoms with Gasteiger partial charge in [-0.1, -0.05) is 48.9 Å². The van der Waals surface area contributed by atoms with Gasteiger partial charge in [0.15, 0.2) is 0 Å². The molecule has 0 atom stereocenters. The van der Waals surface area contributed by atoms with Crippen LogP contribution in [0.15, 0.2) is 54.6 Å². The van der Waals surface area contributed by atoms with Crippen LogP contribution in [0.3, 0.4) is 0 Å². The van der Waals surface area contributed by atoms with Crippen LogP contribution in [0.4, 0.5) is 5.69 Å². The van der Waals surface area contributed by atoms with Crippen LogP contribution in [0.25, 0.3) is 6.08 Å². The topological polar surface area (TPSA) is 29.1 Å². The van der Waals surface area contributed by atoms with E-state index >= 15 is 0 Å². The summed E-state index contributed by atoms with van der Waals surface area (Å²) < 4.78 is 0. The number of benzene rings is 2. The largest absolute Gasteiger partial charge is 0.323 e. The molecule has 0 spiro atoms. The highest BCUT2D eigenvalue weighted by Crippen LogP contribution is 2.10. The molecule has 0 radical (unpaired) electrons. The van der Waals surface area contributed by atoms with Crippen molar-refractivity contribution in [2.45, 2.75) is 20.3 Å². The summed E-state index contributed by atoms with van der Waals surface area (Å²) in [7, 11) is 0. The Labute approximate surface area is 120 Å². The number of rotatable bonds is 4. The molecule has 0 fully saturated rings. The van der Waals surface area contributed by atoms with Crippen LogP contribution in [-0.2, 0) is 11.2 Å². The van der Waals surface area contributed by atoms with Gasteiger partial charge in [0.2, 0.25) is 5.91 Å². The van der Waals surface area contributed by atoms with Gasteiger partial charge in [0.1, 0.15) is 0 Å². The third kappa shape index (κ3) is 4.09. The lowest BCUT2D eigenvalue weighted by Crippen LogP contribution is -2.07. The predicted octanol–water partition coefficient (Wildman–Crippen LogP) is 4.21. The van der Waals surface area contributed by atoms with Gasteiger partial charge < -0.3 is 5.32 Å².